The Hall–Kier alpha value is -0.880. The Morgan fingerprint density at radius 2 is 1.89 bits per heavy atom. The molecule has 0 aliphatic carbocycles. The summed E-state index contributed by atoms with van der Waals surface area (Å²) in [4.78, 5) is 8.37. The molecule has 18 heavy (non-hydrogen) atoms. The van der Waals surface area contributed by atoms with Crippen molar-refractivity contribution < 1.29 is 5.11 Å². The minimum atomic E-state index is 0.0253. The van der Waals surface area contributed by atoms with E-state index in [9.17, 15) is 0 Å². The largest absolute Gasteiger partial charge is 0.396 e. The molecular weight excluding hydrogens is 296 g/mol. The molecule has 1 aromatic rings. The second-order valence-electron chi connectivity index (χ2n) is 4.91. The molecule has 0 aromatic carbocycles. The lowest BCUT2D eigenvalue weighted by molar-refractivity contribution is 0.220. The monoisotopic (exact) mass is 316 g/mol. The predicted molar refractivity (Wildman–Crippen MR) is 77.9 cm³/mol. The van der Waals surface area contributed by atoms with Crippen molar-refractivity contribution in [3.05, 3.63) is 10.8 Å². The number of hydrogen-bond donors (Lipinski definition) is 3. The number of halogens is 1. The van der Waals surface area contributed by atoms with Crippen molar-refractivity contribution in [3.8, 4) is 0 Å². The first kappa shape index (κ1) is 15.2. The minimum absolute atomic E-state index is 0.0253. The van der Waals surface area contributed by atoms with E-state index in [1.165, 1.54) is 6.33 Å². The average molecular weight is 317 g/mol. The molecule has 0 saturated heterocycles. The fourth-order valence-corrected chi connectivity index (χ4v) is 1.98. The number of aromatic nitrogens is 2. The van der Waals surface area contributed by atoms with Crippen LogP contribution in [0.15, 0.2) is 10.8 Å². The zero-order valence-electron chi connectivity index (χ0n) is 11.1. The Morgan fingerprint density at radius 3 is 2.44 bits per heavy atom. The number of nitrogens with zero attached hydrogens (tertiary/aromatic N) is 2. The van der Waals surface area contributed by atoms with E-state index in [2.05, 4.69) is 50.4 Å². The van der Waals surface area contributed by atoms with Gasteiger partial charge in [-0.3, -0.25) is 0 Å². The van der Waals surface area contributed by atoms with Crippen molar-refractivity contribution in [2.75, 3.05) is 30.3 Å². The summed E-state index contributed by atoms with van der Waals surface area (Å²) < 4.78 is 0.839. The number of anilines is 2. The van der Waals surface area contributed by atoms with Gasteiger partial charge < -0.3 is 15.7 Å². The molecule has 102 valence electrons. The summed E-state index contributed by atoms with van der Waals surface area (Å²) in [5.41, 5.74) is 0.0253. The lowest BCUT2D eigenvalue weighted by Gasteiger charge is -2.24. The van der Waals surface area contributed by atoms with Gasteiger partial charge >= 0.3 is 0 Å². The summed E-state index contributed by atoms with van der Waals surface area (Å²) in [6, 6.07) is 0. The van der Waals surface area contributed by atoms with Crippen molar-refractivity contribution in [1.29, 1.82) is 0 Å². The quantitative estimate of drug-likeness (QED) is 0.721. The standard InChI is InChI=1S/C12H21BrN4O/c1-4-14-10-9(13)11(17-8-16-10)15-7-12(2,3)5-6-18/h8,18H,4-7H2,1-3H3,(H2,14,15,16,17). The van der Waals surface area contributed by atoms with Crippen LogP contribution in [0.25, 0.3) is 0 Å². The maximum Gasteiger partial charge on any atom is 0.145 e. The third-order valence-electron chi connectivity index (χ3n) is 2.66. The van der Waals surface area contributed by atoms with Crippen molar-refractivity contribution in [2.45, 2.75) is 27.2 Å². The molecule has 0 spiro atoms. The van der Waals surface area contributed by atoms with Gasteiger partial charge in [0.25, 0.3) is 0 Å². The van der Waals surface area contributed by atoms with E-state index >= 15 is 0 Å². The molecule has 1 heterocycles. The van der Waals surface area contributed by atoms with Crippen LogP contribution >= 0.6 is 15.9 Å². The molecule has 6 heteroatoms. The first-order chi connectivity index (χ1) is 8.50. The minimum Gasteiger partial charge on any atom is -0.396 e. The number of nitrogens with one attached hydrogen (secondary N) is 2. The lowest BCUT2D eigenvalue weighted by atomic mass is 9.90. The number of aliphatic hydroxyl groups is 1. The van der Waals surface area contributed by atoms with E-state index < -0.39 is 0 Å². The summed E-state index contributed by atoms with van der Waals surface area (Å²) in [5.74, 6) is 1.56. The second kappa shape index (κ2) is 6.89. The SMILES string of the molecule is CCNc1ncnc(NCC(C)(C)CCO)c1Br. The highest BCUT2D eigenvalue weighted by Gasteiger charge is 2.18. The van der Waals surface area contributed by atoms with Gasteiger partial charge in [-0.15, -0.1) is 0 Å². The van der Waals surface area contributed by atoms with Crippen molar-refractivity contribution >= 4 is 27.6 Å². The summed E-state index contributed by atoms with van der Waals surface area (Å²) in [6.45, 7) is 7.99. The second-order valence-corrected chi connectivity index (χ2v) is 5.70. The maximum atomic E-state index is 9.00. The van der Waals surface area contributed by atoms with Gasteiger partial charge in [-0.2, -0.15) is 0 Å². The van der Waals surface area contributed by atoms with Gasteiger partial charge in [0.15, 0.2) is 0 Å². The molecule has 0 aliphatic heterocycles. The normalized spacial score (nSPS) is 11.4. The molecule has 1 rings (SSSR count). The maximum absolute atomic E-state index is 9.00. The van der Waals surface area contributed by atoms with Gasteiger partial charge in [0.1, 0.15) is 22.4 Å². The Labute approximate surface area is 117 Å². The molecule has 0 atom stereocenters. The van der Waals surface area contributed by atoms with E-state index in [0.29, 0.717) is 0 Å². The highest BCUT2D eigenvalue weighted by Crippen LogP contribution is 2.28. The molecule has 1 aromatic heterocycles. The van der Waals surface area contributed by atoms with E-state index in [1.54, 1.807) is 0 Å². The molecule has 0 saturated carbocycles. The topological polar surface area (TPSA) is 70.1 Å². The van der Waals surface area contributed by atoms with Crippen LogP contribution in [0.1, 0.15) is 27.2 Å². The summed E-state index contributed by atoms with van der Waals surface area (Å²) in [6.07, 6.45) is 2.28. The van der Waals surface area contributed by atoms with Crippen LogP contribution in [-0.2, 0) is 0 Å². The Bertz CT molecular complexity index is 384. The average Bonchev–Trinajstić information content (AvgIpc) is 2.30. The molecular formula is C12H21BrN4O. The fraction of sp³-hybridized carbons (Fsp3) is 0.667. The van der Waals surface area contributed by atoms with Crippen molar-refractivity contribution in [2.24, 2.45) is 5.41 Å². The van der Waals surface area contributed by atoms with Gasteiger partial charge in [0.2, 0.25) is 0 Å². The van der Waals surface area contributed by atoms with Gasteiger partial charge in [-0.05, 0) is 34.7 Å². The van der Waals surface area contributed by atoms with Crippen molar-refractivity contribution in [3.63, 3.8) is 0 Å². The molecule has 0 bridgehead atoms. The van der Waals surface area contributed by atoms with Crippen LogP contribution in [0.5, 0.6) is 0 Å². The number of rotatable bonds is 7. The van der Waals surface area contributed by atoms with Crippen molar-refractivity contribution in [1.82, 2.24) is 9.97 Å². The molecule has 0 aliphatic rings. The molecule has 5 nitrogen and oxygen atoms in total. The first-order valence-electron chi connectivity index (χ1n) is 6.09. The number of aliphatic hydroxyl groups excluding tert-OH is 1. The lowest BCUT2D eigenvalue weighted by Crippen LogP contribution is -2.25. The zero-order valence-corrected chi connectivity index (χ0v) is 12.7. The van der Waals surface area contributed by atoms with Gasteiger partial charge in [-0.25, -0.2) is 9.97 Å². The molecule has 0 amide bonds. The predicted octanol–water partition coefficient (Wildman–Crippen LogP) is 2.49. The molecule has 0 fully saturated rings. The van der Waals surface area contributed by atoms with Crippen LogP contribution in [0.3, 0.4) is 0 Å². The van der Waals surface area contributed by atoms with E-state index in [1.807, 2.05) is 6.92 Å². The fourth-order valence-electron chi connectivity index (χ4n) is 1.50. The molecule has 3 N–H and O–H groups in total. The number of hydrogen-bond acceptors (Lipinski definition) is 5. The van der Waals surface area contributed by atoms with Crippen LogP contribution in [0.4, 0.5) is 11.6 Å². The third kappa shape index (κ3) is 4.42. The Kier molecular flexibility index (Phi) is 5.81. The van der Waals surface area contributed by atoms with Crippen LogP contribution < -0.4 is 10.6 Å². The molecule has 0 radical (unpaired) electrons. The third-order valence-corrected chi connectivity index (χ3v) is 3.41. The highest BCUT2D eigenvalue weighted by atomic mass is 79.9. The van der Waals surface area contributed by atoms with Crippen LogP contribution in [0, 0.1) is 5.41 Å². The van der Waals surface area contributed by atoms with E-state index in [-0.39, 0.29) is 12.0 Å². The van der Waals surface area contributed by atoms with Crippen LogP contribution in [0.2, 0.25) is 0 Å². The van der Waals surface area contributed by atoms with Gasteiger partial charge in [0, 0.05) is 19.7 Å². The van der Waals surface area contributed by atoms with E-state index in [0.717, 1.165) is 35.6 Å². The zero-order chi connectivity index (χ0) is 13.6. The smallest absolute Gasteiger partial charge is 0.145 e. The first-order valence-corrected chi connectivity index (χ1v) is 6.88. The van der Waals surface area contributed by atoms with Crippen LogP contribution in [-0.4, -0.2) is 34.8 Å². The Morgan fingerprint density at radius 1 is 1.28 bits per heavy atom. The van der Waals surface area contributed by atoms with Gasteiger partial charge in [0.05, 0.1) is 0 Å². The van der Waals surface area contributed by atoms with Gasteiger partial charge in [-0.1, -0.05) is 13.8 Å². The highest BCUT2D eigenvalue weighted by molar-refractivity contribution is 9.10. The molecule has 0 unspecified atom stereocenters. The summed E-state index contributed by atoms with van der Waals surface area (Å²) in [7, 11) is 0. The summed E-state index contributed by atoms with van der Waals surface area (Å²) in [5, 5.41) is 15.4. The Balaban J connectivity index is 2.70. The summed E-state index contributed by atoms with van der Waals surface area (Å²) >= 11 is 3.49. The van der Waals surface area contributed by atoms with E-state index in [4.69, 9.17) is 5.11 Å².